The predicted octanol–water partition coefficient (Wildman–Crippen LogP) is 1.74. The average molecular weight is 257 g/mol. The predicted molar refractivity (Wildman–Crippen MR) is 74.8 cm³/mol. The molecule has 1 aromatic carbocycles. The number of nitrogens with zero attached hydrogens (tertiary/aromatic N) is 3. The van der Waals surface area contributed by atoms with Crippen molar-refractivity contribution in [1.82, 2.24) is 14.3 Å². The van der Waals surface area contributed by atoms with Gasteiger partial charge in [-0.3, -0.25) is 9.48 Å². The zero-order chi connectivity index (χ0) is 13.7. The second-order valence-electron chi connectivity index (χ2n) is 4.68. The second kappa shape index (κ2) is 3.85. The molecule has 2 aromatic heterocycles. The first-order valence-corrected chi connectivity index (χ1v) is 6.04. The minimum atomic E-state index is 0.00704. The normalized spacial score (nSPS) is 11.4. The van der Waals surface area contributed by atoms with E-state index in [9.17, 15) is 4.79 Å². The molecule has 0 aliphatic heterocycles. The van der Waals surface area contributed by atoms with E-state index < -0.39 is 0 Å². The first-order chi connectivity index (χ1) is 9.04. The minimum Gasteiger partial charge on any atom is -0.497 e. The quantitative estimate of drug-likeness (QED) is 0.667. The van der Waals surface area contributed by atoms with Crippen LogP contribution in [0, 0.1) is 6.92 Å². The van der Waals surface area contributed by atoms with Gasteiger partial charge in [0.1, 0.15) is 5.75 Å². The summed E-state index contributed by atoms with van der Waals surface area (Å²) in [5, 5.41) is 5.74. The summed E-state index contributed by atoms with van der Waals surface area (Å²) in [4.78, 5) is 12.6. The van der Waals surface area contributed by atoms with Crippen molar-refractivity contribution in [3.63, 3.8) is 0 Å². The number of ether oxygens (including phenoxy) is 1. The Bertz CT molecular complexity index is 859. The summed E-state index contributed by atoms with van der Waals surface area (Å²) in [5.74, 6) is 0.686. The van der Waals surface area contributed by atoms with E-state index >= 15 is 0 Å². The Kier molecular flexibility index (Phi) is 2.38. The van der Waals surface area contributed by atoms with Gasteiger partial charge in [-0.1, -0.05) is 0 Å². The van der Waals surface area contributed by atoms with Gasteiger partial charge in [-0.15, -0.1) is 0 Å². The van der Waals surface area contributed by atoms with Crippen molar-refractivity contribution in [2.45, 2.75) is 6.92 Å². The number of pyridine rings is 1. The van der Waals surface area contributed by atoms with Crippen molar-refractivity contribution in [2.75, 3.05) is 7.11 Å². The van der Waals surface area contributed by atoms with Gasteiger partial charge >= 0.3 is 0 Å². The van der Waals surface area contributed by atoms with E-state index in [1.807, 2.05) is 37.7 Å². The van der Waals surface area contributed by atoms with Crippen molar-refractivity contribution in [3.8, 4) is 5.75 Å². The van der Waals surface area contributed by atoms with Crippen molar-refractivity contribution < 1.29 is 4.74 Å². The monoisotopic (exact) mass is 257 g/mol. The Morgan fingerprint density at radius 1 is 1.26 bits per heavy atom. The molecule has 0 atom stereocenters. The summed E-state index contributed by atoms with van der Waals surface area (Å²) < 4.78 is 8.88. The van der Waals surface area contributed by atoms with E-state index in [-0.39, 0.29) is 5.43 Å². The molecule has 0 radical (unpaired) electrons. The molecular formula is C14H15N3O2. The third-order valence-corrected chi connectivity index (χ3v) is 3.67. The summed E-state index contributed by atoms with van der Waals surface area (Å²) >= 11 is 0. The summed E-state index contributed by atoms with van der Waals surface area (Å²) in [6, 6.07) is 5.52. The van der Waals surface area contributed by atoms with Crippen LogP contribution in [0.3, 0.4) is 0 Å². The maximum absolute atomic E-state index is 12.6. The van der Waals surface area contributed by atoms with Crippen LogP contribution in [-0.4, -0.2) is 21.5 Å². The van der Waals surface area contributed by atoms with E-state index in [4.69, 9.17) is 4.74 Å². The molecule has 3 aromatic rings. The lowest BCUT2D eigenvalue weighted by Gasteiger charge is -2.07. The zero-order valence-electron chi connectivity index (χ0n) is 11.4. The molecule has 0 aliphatic carbocycles. The highest BCUT2D eigenvalue weighted by Gasteiger charge is 2.15. The SMILES string of the molecule is COc1ccc2c(c1)c(=O)c1c(C)n(C)nc1n2C. The third-order valence-electron chi connectivity index (χ3n) is 3.67. The van der Waals surface area contributed by atoms with Crippen LogP contribution >= 0.6 is 0 Å². The molecule has 3 rings (SSSR count). The van der Waals surface area contributed by atoms with Crippen LogP contribution in [0.4, 0.5) is 0 Å². The van der Waals surface area contributed by atoms with Crippen LogP contribution in [0.15, 0.2) is 23.0 Å². The first-order valence-electron chi connectivity index (χ1n) is 6.04. The highest BCUT2D eigenvalue weighted by molar-refractivity contribution is 5.93. The number of aromatic nitrogens is 3. The molecule has 0 amide bonds. The molecule has 0 saturated heterocycles. The highest BCUT2D eigenvalue weighted by atomic mass is 16.5. The zero-order valence-corrected chi connectivity index (χ0v) is 11.4. The van der Waals surface area contributed by atoms with Crippen molar-refractivity contribution in [3.05, 3.63) is 34.1 Å². The summed E-state index contributed by atoms with van der Waals surface area (Å²) in [6.07, 6.45) is 0. The highest BCUT2D eigenvalue weighted by Crippen LogP contribution is 2.22. The van der Waals surface area contributed by atoms with E-state index in [0.717, 1.165) is 11.2 Å². The van der Waals surface area contributed by atoms with Gasteiger partial charge in [-0.2, -0.15) is 5.10 Å². The lowest BCUT2D eigenvalue weighted by atomic mass is 10.1. The minimum absolute atomic E-state index is 0.00704. The molecule has 0 N–H and O–H groups in total. The van der Waals surface area contributed by atoms with Gasteiger partial charge in [0.15, 0.2) is 5.65 Å². The van der Waals surface area contributed by atoms with E-state index in [1.165, 1.54) is 0 Å². The summed E-state index contributed by atoms with van der Waals surface area (Å²) in [7, 11) is 5.36. The molecule has 0 saturated carbocycles. The van der Waals surface area contributed by atoms with Gasteiger partial charge in [0.2, 0.25) is 5.43 Å². The third kappa shape index (κ3) is 1.47. The van der Waals surface area contributed by atoms with Gasteiger partial charge in [0.05, 0.1) is 23.4 Å². The molecule has 19 heavy (non-hydrogen) atoms. The van der Waals surface area contributed by atoms with Gasteiger partial charge in [-0.25, -0.2) is 0 Å². The Labute approximate surface area is 110 Å². The van der Waals surface area contributed by atoms with Crippen molar-refractivity contribution in [1.29, 1.82) is 0 Å². The largest absolute Gasteiger partial charge is 0.497 e. The maximum Gasteiger partial charge on any atom is 0.200 e. The number of hydrogen-bond donors (Lipinski definition) is 0. The number of aryl methyl sites for hydroxylation is 3. The molecule has 0 unspecified atom stereocenters. The fraction of sp³-hybridized carbons (Fsp3) is 0.286. The smallest absolute Gasteiger partial charge is 0.200 e. The molecule has 98 valence electrons. The molecule has 0 fully saturated rings. The topological polar surface area (TPSA) is 49.1 Å². The number of fused-ring (bicyclic) bond motifs is 2. The molecule has 0 spiro atoms. The Balaban J connectivity index is 2.61. The van der Waals surface area contributed by atoms with Crippen LogP contribution < -0.4 is 10.2 Å². The van der Waals surface area contributed by atoms with Gasteiger partial charge in [-0.05, 0) is 25.1 Å². The van der Waals surface area contributed by atoms with Crippen LogP contribution in [-0.2, 0) is 14.1 Å². The lowest BCUT2D eigenvalue weighted by molar-refractivity contribution is 0.415. The lowest BCUT2D eigenvalue weighted by Crippen LogP contribution is -2.09. The van der Waals surface area contributed by atoms with Gasteiger partial charge < -0.3 is 9.30 Å². The van der Waals surface area contributed by atoms with Crippen molar-refractivity contribution in [2.24, 2.45) is 14.1 Å². The molecule has 2 heterocycles. The van der Waals surface area contributed by atoms with Crippen LogP contribution in [0.5, 0.6) is 5.75 Å². The van der Waals surface area contributed by atoms with Gasteiger partial charge in [0.25, 0.3) is 0 Å². The number of methoxy groups -OCH3 is 1. The van der Waals surface area contributed by atoms with Gasteiger partial charge in [0, 0.05) is 19.8 Å². The molecule has 0 bridgehead atoms. The standard InChI is InChI=1S/C14H15N3O2/c1-8-12-13(18)10-7-9(19-4)5-6-11(10)16(2)14(12)15-17(8)3/h5-7H,1-4H3. The van der Waals surface area contributed by atoms with E-state index in [2.05, 4.69) is 5.10 Å². The first kappa shape index (κ1) is 11.8. The number of rotatable bonds is 1. The van der Waals surface area contributed by atoms with E-state index in [0.29, 0.717) is 22.2 Å². The van der Waals surface area contributed by atoms with Crippen LogP contribution in [0.25, 0.3) is 21.9 Å². The Hall–Kier alpha value is -2.30. The van der Waals surface area contributed by atoms with Crippen LogP contribution in [0.2, 0.25) is 0 Å². The number of benzene rings is 1. The Morgan fingerprint density at radius 3 is 2.68 bits per heavy atom. The van der Waals surface area contributed by atoms with E-state index in [1.54, 1.807) is 17.9 Å². The number of hydrogen-bond acceptors (Lipinski definition) is 3. The fourth-order valence-corrected chi connectivity index (χ4v) is 2.46. The maximum atomic E-state index is 12.6. The Morgan fingerprint density at radius 2 is 2.00 bits per heavy atom. The van der Waals surface area contributed by atoms with Crippen LogP contribution in [0.1, 0.15) is 5.69 Å². The van der Waals surface area contributed by atoms with Crippen molar-refractivity contribution >= 4 is 21.9 Å². The molecular weight excluding hydrogens is 242 g/mol. The summed E-state index contributed by atoms with van der Waals surface area (Å²) in [6.45, 7) is 1.91. The fourth-order valence-electron chi connectivity index (χ4n) is 2.46. The molecule has 5 nitrogen and oxygen atoms in total. The molecule has 5 heteroatoms. The average Bonchev–Trinajstić information content (AvgIpc) is 2.72. The molecule has 0 aliphatic rings. The summed E-state index contributed by atoms with van der Waals surface area (Å²) in [5.41, 5.74) is 2.45. The second-order valence-corrected chi connectivity index (χ2v) is 4.68.